The predicted molar refractivity (Wildman–Crippen MR) is 76.0 cm³/mol. The zero-order valence-electron chi connectivity index (χ0n) is 11.1. The second-order valence-electron chi connectivity index (χ2n) is 4.56. The molecule has 2 rings (SSSR count). The highest BCUT2D eigenvalue weighted by Crippen LogP contribution is 2.10. The summed E-state index contributed by atoms with van der Waals surface area (Å²) in [5.41, 5.74) is 1.98. The first-order chi connectivity index (χ1) is 9.16. The summed E-state index contributed by atoms with van der Waals surface area (Å²) >= 11 is 1.62. The van der Waals surface area contributed by atoms with Gasteiger partial charge in [-0.3, -0.25) is 14.8 Å². The summed E-state index contributed by atoms with van der Waals surface area (Å²) in [6.07, 6.45) is 6.26. The maximum absolute atomic E-state index is 12.1. The average Bonchev–Trinajstić information content (AvgIpc) is 2.91. The Balaban J connectivity index is 1.91. The molecular formula is C14H17N3OS. The van der Waals surface area contributed by atoms with Gasteiger partial charge in [-0.15, -0.1) is 0 Å². The molecule has 0 fully saturated rings. The van der Waals surface area contributed by atoms with Crippen molar-refractivity contribution in [2.75, 3.05) is 7.05 Å². The van der Waals surface area contributed by atoms with Crippen LogP contribution in [0.3, 0.4) is 0 Å². The molecule has 100 valence electrons. The summed E-state index contributed by atoms with van der Waals surface area (Å²) in [6, 6.07) is 2.10. The highest BCUT2D eigenvalue weighted by Gasteiger charge is 2.17. The number of carbonyl (C=O) groups is 1. The van der Waals surface area contributed by atoms with E-state index in [0.29, 0.717) is 6.42 Å². The van der Waals surface area contributed by atoms with Gasteiger partial charge in [0.25, 0.3) is 0 Å². The summed E-state index contributed by atoms with van der Waals surface area (Å²) in [7, 11) is 1.84. The van der Waals surface area contributed by atoms with Crippen LogP contribution in [0.4, 0.5) is 0 Å². The van der Waals surface area contributed by atoms with Gasteiger partial charge in [0.2, 0.25) is 5.91 Å². The first kappa shape index (κ1) is 13.7. The maximum atomic E-state index is 12.1. The Morgan fingerprint density at radius 1 is 1.47 bits per heavy atom. The van der Waals surface area contributed by atoms with E-state index in [0.717, 1.165) is 17.7 Å². The summed E-state index contributed by atoms with van der Waals surface area (Å²) < 4.78 is 0. The predicted octanol–water partition coefficient (Wildman–Crippen LogP) is 2.17. The normalized spacial score (nSPS) is 12.1. The molecule has 1 atom stereocenters. The average molecular weight is 275 g/mol. The van der Waals surface area contributed by atoms with Gasteiger partial charge in [0.15, 0.2) is 0 Å². The molecule has 0 aromatic carbocycles. The van der Waals surface area contributed by atoms with Crippen molar-refractivity contribution in [1.29, 1.82) is 0 Å². The fraction of sp³-hybridized carbons (Fsp3) is 0.357. The number of nitrogens with zero attached hydrogens (tertiary/aromatic N) is 3. The molecule has 0 N–H and O–H groups in total. The smallest absolute Gasteiger partial charge is 0.227 e. The van der Waals surface area contributed by atoms with Crippen LogP contribution in [0.15, 0.2) is 35.4 Å². The maximum Gasteiger partial charge on any atom is 0.227 e. The number of aromatic nitrogens is 2. The standard InChI is InChI=1S/C14H17N3OS/c1-11(7-13-9-15-4-5-16-13)17(2)14(18)8-12-3-6-19-10-12/h3-6,9-11H,7-8H2,1-2H3/t11-/m1/s1. The van der Waals surface area contributed by atoms with E-state index < -0.39 is 0 Å². The van der Waals surface area contributed by atoms with E-state index >= 15 is 0 Å². The SMILES string of the molecule is C[C@H](Cc1cnccn1)N(C)C(=O)Cc1ccsc1. The third-order valence-electron chi connectivity index (χ3n) is 3.11. The van der Waals surface area contributed by atoms with Crippen molar-refractivity contribution in [3.63, 3.8) is 0 Å². The van der Waals surface area contributed by atoms with Crippen molar-refractivity contribution >= 4 is 17.2 Å². The van der Waals surface area contributed by atoms with E-state index in [1.165, 1.54) is 0 Å². The Bertz CT molecular complexity index is 513. The van der Waals surface area contributed by atoms with E-state index in [9.17, 15) is 4.79 Å². The quantitative estimate of drug-likeness (QED) is 0.840. The zero-order chi connectivity index (χ0) is 13.7. The number of rotatable bonds is 5. The number of thiophene rings is 1. The summed E-state index contributed by atoms with van der Waals surface area (Å²) in [5, 5.41) is 4.00. The highest BCUT2D eigenvalue weighted by atomic mass is 32.1. The molecule has 2 heterocycles. The molecule has 4 nitrogen and oxygen atoms in total. The Hall–Kier alpha value is -1.75. The lowest BCUT2D eigenvalue weighted by Crippen LogP contribution is -2.37. The first-order valence-electron chi connectivity index (χ1n) is 6.18. The molecule has 0 unspecified atom stereocenters. The van der Waals surface area contributed by atoms with Crippen LogP contribution in [-0.4, -0.2) is 33.9 Å². The lowest BCUT2D eigenvalue weighted by atomic mass is 10.1. The molecule has 0 spiro atoms. The van der Waals surface area contributed by atoms with Crippen LogP contribution in [0.25, 0.3) is 0 Å². The Morgan fingerprint density at radius 3 is 2.95 bits per heavy atom. The second-order valence-corrected chi connectivity index (χ2v) is 5.34. The van der Waals surface area contributed by atoms with Crippen molar-refractivity contribution in [3.8, 4) is 0 Å². The minimum atomic E-state index is 0.114. The topological polar surface area (TPSA) is 46.1 Å². The molecule has 2 aromatic heterocycles. The van der Waals surface area contributed by atoms with Gasteiger partial charge < -0.3 is 4.90 Å². The Labute approximate surface area is 117 Å². The molecule has 0 aliphatic heterocycles. The number of amides is 1. The number of likely N-dealkylation sites (N-methyl/N-ethyl adjacent to an activating group) is 1. The Kier molecular flexibility index (Phi) is 4.63. The molecule has 0 saturated heterocycles. The van der Waals surface area contributed by atoms with Gasteiger partial charge in [0.05, 0.1) is 12.1 Å². The molecule has 1 amide bonds. The van der Waals surface area contributed by atoms with Crippen LogP contribution in [0.5, 0.6) is 0 Å². The van der Waals surface area contributed by atoms with Gasteiger partial charge in [-0.25, -0.2) is 0 Å². The molecule has 19 heavy (non-hydrogen) atoms. The van der Waals surface area contributed by atoms with Gasteiger partial charge in [-0.2, -0.15) is 11.3 Å². The minimum Gasteiger partial charge on any atom is -0.342 e. The summed E-state index contributed by atoms with van der Waals surface area (Å²) in [5.74, 6) is 0.134. The summed E-state index contributed by atoms with van der Waals surface area (Å²) in [4.78, 5) is 22.2. The molecule has 5 heteroatoms. The van der Waals surface area contributed by atoms with Crippen molar-refractivity contribution in [2.24, 2.45) is 0 Å². The Morgan fingerprint density at radius 2 is 2.32 bits per heavy atom. The molecule has 0 aliphatic carbocycles. The highest BCUT2D eigenvalue weighted by molar-refractivity contribution is 7.07. The monoisotopic (exact) mass is 275 g/mol. The minimum absolute atomic E-state index is 0.114. The third-order valence-corrected chi connectivity index (χ3v) is 3.84. The van der Waals surface area contributed by atoms with Crippen LogP contribution >= 0.6 is 11.3 Å². The van der Waals surface area contributed by atoms with E-state index in [4.69, 9.17) is 0 Å². The number of carbonyl (C=O) groups excluding carboxylic acids is 1. The fourth-order valence-electron chi connectivity index (χ4n) is 1.81. The molecule has 2 aromatic rings. The zero-order valence-corrected chi connectivity index (χ0v) is 11.9. The van der Waals surface area contributed by atoms with Crippen LogP contribution in [-0.2, 0) is 17.6 Å². The van der Waals surface area contributed by atoms with Gasteiger partial charge in [-0.05, 0) is 29.3 Å². The summed E-state index contributed by atoms with van der Waals surface area (Å²) in [6.45, 7) is 2.03. The van der Waals surface area contributed by atoms with Crippen LogP contribution in [0.1, 0.15) is 18.2 Å². The third kappa shape index (κ3) is 3.86. The van der Waals surface area contributed by atoms with E-state index in [2.05, 4.69) is 9.97 Å². The van der Waals surface area contributed by atoms with Gasteiger partial charge in [0, 0.05) is 38.1 Å². The van der Waals surface area contributed by atoms with Crippen LogP contribution in [0, 0.1) is 0 Å². The second kappa shape index (κ2) is 6.43. The lowest BCUT2D eigenvalue weighted by molar-refractivity contribution is -0.130. The van der Waals surface area contributed by atoms with Crippen molar-refractivity contribution in [1.82, 2.24) is 14.9 Å². The van der Waals surface area contributed by atoms with E-state index in [-0.39, 0.29) is 11.9 Å². The first-order valence-corrected chi connectivity index (χ1v) is 7.12. The van der Waals surface area contributed by atoms with E-state index in [1.54, 1.807) is 34.8 Å². The number of hydrogen-bond donors (Lipinski definition) is 0. The van der Waals surface area contributed by atoms with Gasteiger partial charge in [-0.1, -0.05) is 0 Å². The van der Waals surface area contributed by atoms with Crippen molar-refractivity contribution < 1.29 is 4.79 Å². The van der Waals surface area contributed by atoms with Crippen LogP contribution in [0.2, 0.25) is 0 Å². The molecule has 0 saturated carbocycles. The van der Waals surface area contributed by atoms with Crippen molar-refractivity contribution in [2.45, 2.75) is 25.8 Å². The van der Waals surface area contributed by atoms with E-state index in [1.807, 2.05) is 30.8 Å². The van der Waals surface area contributed by atoms with Gasteiger partial charge in [0.1, 0.15) is 0 Å². The molecule has 0 radical (unpaired) electrons. The largest absolute Gasteiger partial charge is 0.342 e. The number of hydrogen-bond acceptors (Lipinski definition) is 4. The van der Waals surface area contributed by atoms with Gasteiger partial charge >= 0.3 is 0 Å². The molecular weight excluding hydrogens is 258 g/mol. The lowest BCUT2D eigenvalue weighted by Gasteiger charge is -2.24. The molecule has 0 bridgehead atoms. The molecule has 0 aliphatic rings. The van der Waals surface area contributed by atoms with Crippen molar-refractivity contribution in [3.05, 3.63) is 46.7 Å². The fourth-order valence-corrected chi connectivity index (χ4v) is 2.48. The van der Waals surface area contributed by atoms with Crippen LogP contribution < -0.4 is 0 Å².